The molecule has 2 rings (SSSR count). The van der Waals surface area contributed by atoms with E-state index in [1.54, 1.807) is 29.7 Å². The van der Waals surface area contributed by atoms with Gasteiger partial charge in [-0.2, -0.15) is 0 Å². The van der Waals surface area contributed by atoms with Crippen LogP contribution in [0.5, 0.6) is 0 Å². The summed E-state index contributed by atoms with van der Waals surface area (Å²) in [6, 6.07) is 6.57. The van der Waals surface area contributed by atoms with Crippen LogP contribution in [0.4, 0.5) is 4.39 Å². The van der Waals surface area contributed by atoms with E-state index in [1.165, 1.54) is 6.07 Å². The molecule has 0 radical (unpaired) electrons. The maximum atomic E-state index is 13.3. The molecule has 0 amide bonds. The average molecular weight is 226 g/mol. The molecule has 0 bridgehead atoms. The van der Waals surface area contributed by atoms with Gasteiger partial charge >= 0.3 is 0 Å². The lowest BCUT2D eigenvalue weighted by Crippen LogP contribution is -2.04. The molecule has 0 aliphatic rings. The van der Waals surface area contributed by atoms with Crippen LogP contribution in [0, 0.1) is 12.7 Å². The van der Waals surface area contributed by atoms with Crippen molar-refractivity contribution in [2.75, 3.05) is 0 Å². The summed E-state index contributed by atoms with van der Waals surface area (Å²) in [5.41, 5.74) is 0.572. The SMILES string of the molecule is Cc1nnc(Cl)n1Cc1ccccc1F. The minimum absolute atomic E-state index is 0.248. The molecule has 0 N–H and O–H groups in total. The number of aromatic nitrogens is 3. The number of rotatable bonds is 2. The Labute approximate surface area is 91.5 Å². The molecule has 2 aromatic rings. The zero-order chi connectivity index (χ0) is 10.8. The Bertz CT molecular complexity index is 462. The smallest absolute Gasteiger partial charge is 0.225 e. The molecule has 1 heterocycles. The van der Waals surface area contributed by atoms with Crippen molar-refractivity contribution in [2.24, 2.45) is 0 Å². The summed E-state index contributed by atoms with van der Waals surface area (Å²) >= 11 is 5.81. The van der Waals surface area contributed by atoms with Crippen LogP contribution in [-0.4, -0.2) is 14.8 Å². The Morgan fingerprint density at radius 2 is 2.07 bits per heavy atom. The maximum Gasteiger partial charge on any atom is 0.225 e. The molecule has 1 aromatic carbocycles. The molecule has 0 spiro atoms. The van der Waals surface area contributed by atoms with E-state index >= 15 is 0 Å². The van der Waals surface area contributed by atoms with Crippen LogP contribution in [0.2, 0.25) is 5.28 Å². The lowest BCUT2D eigenvalue weighted by molar-refractivity contribution is 0.597. The minimum Gasteiger partial charge on any atom is -0.297 e. The van der Waals surface area contributed by atoms with Crippen molar-refractivity contribution < 1.29 is 4.39 Å². The number of hydrogen-bond donors (Lipinski definition) is 0. The Morgan fingerprint density at radius 1 is 1.33 bits per heavy atom. The summed E-state index contributed by atoms with van der Waals surface area (Å²) in [5, 5.41) is 7.77. The summed E-state index contributed by atoms with van der Waals surface area (Å²) in [7, 11) is 0. The fraction of sp³-hybridized carbons (Fsp3) is 0.200. The van der Waals surface area contributed by atoms with Crippen LogP contribution in [0.3, 0.4) is 0 Å². The van der Waals surface area contributed by atoms with Gasteiger partial charge in [0.2, 0.25) is 5.28 Å². The standard InChI is InChI=1S/C10H9ClFN3/c1-7-13-14-10(11)15(7)6-8-4-2-3-5-9(8)12/h2-5H,6H2,1H3. The van der Waals surface area contributed by atoms with Crippen LogP contribution in [0.1, 0.15) is 11.4 Å². The Morgan fingerprint density at radius 3 is 2.67 bits per heavy atom. The fourth-order valence-corrected chi connectivity index (χ4v) is 1.55. The van der Waals surface area contributed by atoms with E-state index in [0.717, 1.165) is 0 Å². The van der Waals surface area contributed by atoms with E-state index in [4.69, 9.17) is 11.6 Å². The van der Waals surface area contributed by atoms with Crippen molar-refractivity contribution in [2.45, 2.75) is 13.5 Å². The molecule has 0 fully saturated rings. The molecule has 1 aromatic heterocycles. The topological polar surface area (TPSA) is 30.7 Å². The summed E-state index contributed by atoms with van der Waals surface area (Å²) in [4.78, 5) is 0. The van der Waals surface area contributed by atoms with Gasteiger partial charge in [-0.25, -0.2) is 4.39 Å². The van der Waals surface area contributed by atoms with Crippen molar-refractivity contribution in [3.63, 3.8) is 0 Å². The third-order valence-electron chi connectivity index (χ3n) is 2.18. The number of halogens is 2. The van der Waals surface area contributed by atoms with E-state index in [2.05, 4.69) is 10.2 Å². The average Bonchev–Trinajstić information content (AvgIpc) is 2.53. The summed E-state index contributed by atoms with van der Waals surface area (Å²) in [5.74, 6) is 0.421. The molecule has 3 nitrogen and oxygen atoms in total. The third-order valence-corrected chi connectivity index (χ3v) is 2.46. The van der Waals surface area contributed by atoms with Gasteiger partial charge in [-0.1, -0.05) is 18.2 Å². The van der Waals surface area contributed by atoms with E-state index < -0.39 is 0 Å². The molecule has 0 unspecified atom stereocenters. The van der Waals surface area contributed by atoms with Crippen LogP contribution in [0.15, 0.2) is 24.3 Å². The Kier molecular flexibility index (Phi) is 2.68. The van der Waals surface area contributed by atoms with Crippen molar-refractivity contribution in [1.82, 2.24) is 14.8 Å². The highest BCUT2D eigenvalue weighted by atomic mass is 35.5. The first-order valence-corrected chi connectivity index (χ1v) is 4.85. The van der Waals surface area contributed by atoms with Gasteiger partial charge < -0.3 is 0 Å². The predicted molar refractivity (Wildman–Crippen MR) is 55.3 cm³/mol. The van der Waals surface area contributed by atoms with E-state index in [1.807, 2.05) is 0 Å². The van der Waals surface area contributed by atoms with E-state index in [9.17, 15) is 4.39 Å². The van der Waals surface area contributed by atoms with Crippen LogP contribution >= 0.6 is 11.6 Å². The third kappa shape index (κ3) is 1.99. The quantitative estimate of drug-likeness (QED) is 0.786. The second kappa shape index (κ2) is 3.98. The molecular formula is C10H9ClFN3. The number of hydrogen-bond acceptors (Lipinski definition) is 2. The predicted octanol–water partition coefficient (Wildman–Crippen LogP) is 2.43. The number of nitrogens with zero attached hydrogens (tertiary/aromatic N) is 3. The lowest BCUT2D eigenvalue weighted by Gasteiger charge is -2.05. The number of aryl methyl sites for hydroxylation is 1. The summed E-state index contributed by atoms with van der Waals surface area (Å²) in [6.45, 7) is 2.13. The largest absolute Gasteiger partial charge is 0.297 e. The highest BCUT2D eigenvalue weighted by molar-refractivity contribution is 6.28. The second-order valence-electron chi connectivity index (χ2n) is 3.19. The van der Waals surface area contributed by atoms with Gasteiger partial charge in [0.1, 0.15) is 11.6 Å². The van der Waals surface area contributed by atoms with Gasteiger partial charge in [0.25, 0.3) is 0 Å². The number of benzene rings is 1. The highest BCUT2D eigenvalue weighted by Crippen LogP contribution is 2.13. The first-order chi connectivity index (χ1) is 7.18. The first-order valence-electron chi connectivity index (χ1n) is 4.47. The first kappa shape index (κ1) is 10.1. The zero-order valence-corrected chi connectivity index (χ0v) is 8.87. The molecule has 0 saturated heterocycles. The summed E-state index contributed by atoms with van der Waals surface area (Å²) < 4.78 is 15.0. The van der Waals surface area contributed by atoms with Gasteiger partial charge in [-0.05, 0) is 24.6 Å². The highest BCUT2D eigenvalue weighted by Gasteiger charge is 2.08. The van der Waals surface area contributed by atoms with Gasteiger partial charge in [-0.3, -0.25) is 4.57 Å². The zero-order valence-electron chi connectivity index (χ0n) is 8.11. The Balaban J connectivity index is 2.34. The molecule has 5 heteroatoms. The molecule has 78 valence electrons. The van der Waals surface area contributed by atoms with Crippen molar-refractivity contribution in [3.05, 3.63) is 46.8 Å². The van der Waals surface area contributed by atoms with Crippen LogP contribution in [0.25, 0.3) is 0 Å². The molecule has 0 aliphatic heterocycles. The van der Waals surface area contributed by atoms with Crippen molar-refractivity contribution in [1.29, 1.82) is 0 Å². The van der Waals surface area contributed by atoms with Gasteiger partial charge in [0, 0.05) is 5.56 Å². The fourth-order valence-electron chi connectivity index (χ4n) is 1.33. The molecule has 15 heavy (non-hydrogen) atoms. The Hall–Kier alpha value is -1.42. The van der Waals surface area contributed by atoms with Crippen molar-refractivity contribution in [3.8, 4) is 0 Å². The summed E-state index contributed by atoms with van der Waals surface area (Å²) in [6.07, 6.45) is 0. The van der Waals surface area contributed by atoms with E-state index in [0.29, 0.717) is 17.9 Å². The normalized spacial score (nSPS) is 10.6. The monoisotopic (exact) mass is 225 g/mol. The van der Waals surface area contributed by atoms with Crippen LogP contribution in [-0.2, 0) is 6.54 Å². The minimum atomic E-state index is -0.248. The van der Waals surface area contributed by atoms with E-state index in [-0.39, 0.29) is 11.1 Å². The lowest BCUT2D eigenvalue weighted by atomic mass is 10.2. The van der Waals surface area contributed by atoms with Crippen LogP contribution < -0.4 is 0 Å². The molecule has 0 saturated carbocycles. The van der Waals surface area contributed by atoms with Gasteiger partial charge in [-0.15, -0.1) is 10.2 Å². The second-order valence-corrected chi connectivity index (χ2v) is 3.53. The van der Waals surface area contributed by atoms with Gasteiger partial charge in [0.05, 0.1) is 6.54 Å². The molecular weight excluding hydrogens is 217 g/mol. The van der Waals surface area contributed by atoms with Crippen molar-refractivity contribution >= 4 is 11.6 Å². The molecule has 0 atom stereocenters. The molecule has 0 aliphatic carbocycles. The maximum absolute atomic E-state index is 13.3. The van der Waals surface area contributed by atoms with Gasteiger partial charge in [0.15, 0.2) is 0 Å².